The van der Waals surface area contributed by atoms with E-state index in [1.165, 1.54) is 76.3 Å². The first kappa shape index (κ1) is 26.1. The van der Waals surface area contributed by atoms with Gasteiger partial charge in [-0.3, -0.25) is 0 Å². The second-order valence-electron chi connectivity index (χ2n) is 12.4. The Balaban J connectivity index is 1.27. The fourth-order valence-corrected chi connectivity index (χ4v) is 7.87. The number of furan rings is 1. The summed E-state index contributed by atoms with van der Waals surface area (Å²) in [7, 11) is 0. The molecule has 0 unspecified atom stereocenters. The highest BCUT2D eigenvalue weighted by Gasteiger charge is 2.20. The molecule has 0 amide bonds. The number of rotatable bonds is 3. The van der Waals surface area contributed by atoms with E-state index < -0.39 is 0 Å². The van der Waals surface area contributed by atoms with Crippen molar-refractivity contribution in [3.8, 4) is 33.4 Å². The molecule has 0 aliphatic heterocycles. The van der Waals surface area contributed by atoms with Crippen molar-refractivity contribution >= 4 is 65.0 Å². The highest BCUT2D eigenvalue weighted by atomic mass is 16.3. The van der Waals surface area contributed by atoms with Crippen molar-refractivity contribution in [1.29, 1.82) is 0 Å². The molecule has 10 aromatic rings. The van der Waals surface area contributed by atoms with Crippen LogP contribution in [0.1, 0.15) is 0 Å². The molecule has 1 nitrogen and oxygen atoms in total. The van der Waals surface area contributed by atoms with Gasteiger partial charge in [-0.25, -0.2) is 0 Å². The van der Waals surface area contributed by atoms with E-state index in [4.69, 9.17) is 4.42 Å². The highest BCUT2D eigenvalue weighted by Crippen LogP contribution is 2.47. The average Bonchev–Trinajstić information content (AvgIpc) is 3.54. The number of fused-ring (bicyclic) bond motifs is 8. The van der Waals surface area contributed by atoms with Crippen LogP contribution in [0.25, 0.3) is 98.4 Å². The Morgan fingerprint density at radius 3 is 1.53 bits per heavy atom. The van der Waals surface area contributed by atoms with Gasteiger partial charge >= 0.3 is 0 Å². The third kappa shape index (κ3) is 3.84. The second kappa shape index (κ2) is 10.2. The summed E-state index contributed by atoms with van der Waals surface area (Å²) < 4.78 is 6.68. The zero-order valence-corrected chi connectivity index (χ0v) is 25.6. The van der Waals surface area contributed by atoms with Gasteiger partial charge in [-0.05, 0) is 77.0 Å². The molecule has 0 spiro atoms. The summed E-state index contributed by atoms with van der Waals surface area (Å²) in [4.78, 5) is 0. The number of benzene rings is 9. The van der Waals surface area contributed by atoms with Crippen molar-refractivity contribution in [1.82, 2.24) is 0 Å². The molecule has 1 heterocycles. The van der Waals surface area contributed by atoms with Gasteiger partial charge in [0.05, 0.1) is 0 Å². The fourth-order valence-electron chi connectivity index (χ4n) is 7.87. The summed E-state index contributed by atoms with van der Waals surface area (Å²) in [5.41, 5.74) is 9.16. The van der Waals surface area contributed by atoms with Crippen molar-refractivity contribution in [2.24, 2.45) is 0 Å². The summed E-state index contributed by atoms with van der Waals surface area (Å²) in [6.07, 6.45) is 0. The summed E-state index contributed by atoms with van der Waals surface area (Å²) in [5, 5.41) is 12.3. The van der Waals surface area contributed by atoms with Gasteiger partial charge in [-0.15, -0.1) is 0 Å². The SMILES string of the molecule is c1ccc(-c2c3ccccc3c(-c3ccc(-c4cccc5c4oc4ccc6ccccc6c45)c4ccccc34)c3ccccc23)cc1. The Hall–Kier alpha value is -6.18. The Morgan fingerprint density at radius 1 is 0.298 bits per heavy atom. The van der Waals surface area contributed by atoms with Gasteiger partial charge in [-0.1, -0.05) is 164 Å². The van der Waals surface area contributed by atoms with E-state index in [1.54, 1.807) is 0 Å². The van der Waals surface area contributed by atoms with Gasteiger partial charge in [0.15, 0.2) is 0 Å². The van der Waals surface area contributed by atoms with Crippen molar-refractivity contribution in [2.45, 2.75) is 0 Å². The van der Waals surface area contributed by atoms with Gasteiger partial charge in [-0.2, -0.15) is 0 Å². The molecule has 0 saturated carbocycles. The molecule has 218 valence electrons. The minimum atomic E-state index is 0.920. The van der Waals surface area contributed by atoms with E-state index in [0.717, 1.165) is 22.1 Å². The predicted molar refractivity (Wildman–Crippen MR) is 200 cm³/mol. The standard InChI is InChI=1S/C46H28O/c1-2-14-30(15-3-1)43-35-19-8-10-21-37(35)44(38-22-11-9-20-36(38)43)39-27-26-34(32-17-6-7-18-33(32)39)40-23-12-24-41-45-31-16-5-4-13-29(31)25-28-42(45)47-46(40)41/h1-28H. The van der Waals surface area contributed by atoms with Crippen LogP contribution in [0.4, 0.5) is 0 Å². The van der Waals surface area contributed by atoms with E-state index in [0.29, 0.717) is 0 Å². The first-order valence-corrected chi connectivity index (χ1v) is 16.2. The summed E-state index contributed by atoms with van der Waals surface area (Å²) in [5.74, 6) is 0. The number of hydrogen-bond donors (Lipinski definition) is 0. The first-order chi connectivity index (χ1) is 23.3. The lowest BCUT2D eigenvalue weighted by Crippen LogP contribution is -1.92. The molecule has 0 aliphatic carbocycles. The van der Waals surface area contributed by atoms with Gasteiger partial charge in [0.1, 0.15) is 11.2 Å². The van der Waals surface area contributed by atoms with E-state index in [-0.39, 0.29) is 0 Å². The summed E-state index contributed by atoms with van der Waals surface area (Å²) >= 11 is 0. The summed E-state index contributed by atoms with van der Waals surface area (Å²) in [6.45, 7) is 0. The second-order valence-corrected chi connectivity index (χ2v) is 12.4. The van der Waals surface area contributed by atoms with Crippen LogP contribution in [0.5, 0.6) is 0 Å². The fraction of sp³-hybridized carbons (Fsp3) is 0. The summed E-state index contributed by atoms with van der Waals surface area (Å²) in [6, 6.07) is 61.4. The molecule has 0 atom stereocenters. The van der Waals surface area contributed by atoms with Crippen molar-refractivity contribution < 1.29 is 4.42 Å². The zero-order chi connectivity index (χ0) is 30.9. The monoisotopic (exact) mass is 596 g/mol. The highest BCUT2D eigenvalue weighted by molar-refractivity contribution is 6.25. The molecule has 1 heteroatoms. The number of hydrogen-bond acceptors (Lipinski definition) is 1. The lowest BCUT2D eigenvalue weighted by atomic mass is 9.84. The molecule has 0 N–H and O–H groups in total. The van der Waals surface area contributed by atoms with Crippen LogP contribution in [0.2, 0.25) is 0 Å². The van der Waals surface area contributed by atoms with Crippen molar-refractivity contribution in [3.63, 3.8) is 0 Å². The quantitative estimate of drug-likeness (QED) is 0.185. The van der Waals surface area contributed by atoms with E-state index >= 15 is 0 Å². The van der Waals surface area contributed by atoms with Crippen LogP contribution in [0, 0.1) is 0 Å². The topological polar surface area (TPSA) is 13.1 Å². The van der Waals surface area contributed by atoms with Crippen LogP contribution in [-0.4, -0.2) is 0 Å². The maximum Gasteiger partial charge on any atom is 0.143 e. The van der Waals surface area contributed by atoms with Crippen LogP contribution in [0.15, 0.2) is 174 Å². The van der Waals surface area contributed by atoms with Crippen molar-refractivity contribution in [3.05, 3.63) is 170 Å². The largest absolute Gasteiger partial charge is 0.455 e. The lowest BCUT2D eigenvalue weighted by Gasteiger charge is -2.19. The molecule has 0 fully saturated rings. The van der Waals surface area contributed by atoms with Crippen LogP contribution in [0.3, 0.4) is 0 Å². The molecule has 1 aromatic heterocycles. The third-order valence-corrected chi connectivity index (χ3v) is 9.86. The minimum Gasteiger partial charge on any atom is -0.455 e. The molecule has 0 aliphatic rings. The van der Waals surface area contributed by atoms with E-state index in [1.807, 2.05) is 0 Å². The molecule has 0 bridgehead atoms. The minimum absolute atomic E-state index is 0.920. The molecule has 10 rings (SSSR count). The lowest BCUT2D eigenvalue weighted by molar-refractivity contribution is 0.670. The Bertz CT molecular complexity index is 2780. The van der Waals surface area contributed by atoms with Gasteiger partial charge in [0.2, 0.25) is 0 Å². The molecule has 47 heavy (non-hydrogen) atoms. The maximum absolute atomic E-state index is 6.68. The van der Waals surface area contributed by atoms with E-state index in [9.17, 15) is 0 Å². The molecular weight excluding hydrogens is 569 g/mol. The normalized spacial score (nSPS) is 11.8. The first-order valence-electron chi connectivity index (χ1n) is 16.2. The third-order valence-electron chi connectivity index (χ3n) is 9.86. The van der Waals surface area contributed by atoms with Gasteiger partial charge in [0, 0.05) is 16.3 Å². The predicted octanol–water partition coefficient (Wildman–Crippen LogP) is 13.2. The molecular formula is C46H28O. The average molecular weight is 597 g/mol. The van der Waals surface area contributed by atoms with Crippen LogP contribution >= 0.6 is 0 Å². The van der Waals surface area contributed by atoms with Gasteiger partial charge < -0.3 is 4.42 Å². The Kier molecular flexibility index (Phi) is 5.64. The van der Waals surface area contributed by atoms with Crippen LogP contribution in [-0.2, 0) is 0 Å². The number of para-hydroxylation sites is 1. The Morgan fingerprint density at radius 2 is 0.830 bits per heavy atom. The smallest absolute Gasteiger partial charge is 0.143 e. The van der Waals surface area contributed by atoms with Gasteiger partial charge in [0.25, 0.3) is 0 Å². The van der Waals surface area contributed by atoms with E-state index in [2.05, 4.69) is 170 Å². The molecule has 9 aromatic carbocycles. The molecule has 0 radical (unpaired) electrons. The Labute approximate surface area is 271 Å². The molecule has 0 saturated heterocycles. The zero-order valence-electron chi connectivity index (χ0n) is 25.6. The van der Waals surface area contributed by atoms with Crippen molar-refractivity contribution in [2.75, 3.05) is 0 Å². The maximum atomic E-state index is 6.68. The van der Waals surface area contributed by atoms with Crippen LogP contribution < -0.4 is 0 Å².